The zero-order chi connectivity index (χ0) is 12.8. The lowest BCUT2D eigenvalue weighted by atomic mass is 10.0. The van der Waals surface area contributed by atoms with E-state index < -0.39 is 0 Å². The fourth-order valence-corrected chi connectivity index (χ4v) is 1.75. The summed E-state index contributed by atoms with van der Waals surface area (Å²) in [6.07, 6.45) is 0.511. The van der Waals surface area contributed by atoms with Gasteiger partial charge in [-0.05, 0) is 31.4 Å². The van der Waals surface area contributed by atoms with Crippen molar-refractivity contribution in [1.82, 2.24) is 0 Å². The Morgan fingerprint density at radius 2 is 1.82 bits per heavy atom. The average Bonchev–Trinajstić information content (AvgIpc) is 2.27. The lowest BCUT2D eigenvalue weighted by Crippen LogP contribution is -2.42. The second kappa shape index (κ2) is 6.62. The third-order valence-corrected chi connectivity index (χ3v) is 2.71. The first-order valence-electron chi connectivity index (χ1n) is 6.12. The quantitative estimate of drug-likeness (QED) is 0.796. The predicted molar refractivity (Wildman–Crippen MR) is 70.1 cm³/mol. The van der Waals surface area contributed by atoms with E-state index in [0.717, 1.165) is 12.2 Å². The van der Waals surface area contributed by atoms with Gasteiger partial charge in [0, 0.05) is 6.04 Å². The normalized spacial score (nSPS) is 14.7. The summed E-state index contributed by atoms with van der Waals surface area (Å²) < 4.78 is 5.71. The summed E-state index contributed by atoms with van der Waals surface area (Å²) >= 11 is 0. The highest BCUT2D eigenvalue weighted by atomic mass is 16.5. The Morgan fingerprint density at radius 3 is 2.29 bits per heavy atom. The van der Waals surface area contributed by atoms with Crippen molar-refractivity contribution in [3.63, 3.8) is 0 Å². The van der Waals surface area contributed by atoms with Gasteiger partial charge in [-0.2, -0.15) is 0 Å². The minimum absolute atomic E-state index is 0.0538. The van der Waals surface area contributed by atoms with Gasteiger partial charge in [-0.25, -0.2) is 0 Å². The van der Waals surface area contributed by atoms with Crippen LogP contribution < -0.4 is 10.5 Å². The monoisotopic (exact) mass is 237 g/mol. The summed E-state index contributed by atoms with van der Waals surface area (Å²) in [5, 5.41) is 9.32. The van der Waals surface area contributed by atoms with E-state index in [0.29, 0.717) is 5.92 Å². The van der Waals surface area contributed by atoms with Crippen LogP contribution in [0.3, 0.4) is 0 Å². The Hall–Kier alpha value is -1.06. The summed E-state index contributed by atoms with van der Waals surface area (Å²) in [7, 11) is 0. The smallest absolute Gasteiger partial charge is 0.137 e. The summed E-state index contributed by atoms with van der Waals surface area (Å²) in [5.41, 5.74) is 7.21. The largest absolute Gasteiger partial charge is 0.486 e. The van der Waals surface area contributed by atoms with E-state index >= 15 is 0 Å². The topological polar surface area (TPSA) is 55.5 Å². The van der Waals surface area contributed by atoms with E-state index in [2.05, 4.69) is 13.8 Å². The summed E-state index contributed by atoms with van der Waals surface area (Å²) in [4.78, 5) is 0. The number of hydrogen-bond acceptors (Lipinski definition) is 3. The zero-order valence-corrected chi connectivity index (χ0v) is 10.9. The van der Waals surface area contributed by atoms with E-state index in [1.807, 2.05) is 31.2 Å². The number of ether oxygens (including phenoxy) is 1. The predicted octanol–water partition coefficient (Wildman–Crippen LogP) is 2.11. The highest BCUT2D eigenvalue weighted by Gasteiger charge is 2.19. The molecule has 17 heavy (non-hydrogen) atoms. The second-order valence-electron chi connectivity index (χ2n) is 4.95. The number of benzene rings is 1. The summed E-state index contributed by atoms with van der Waals surface area (Å²) in [5.74, 6) is 1.26. The minimum atomic E-state index is -0.333. The molecule has 0 bridgehead atoms. The van der Waals surface area contributed by atoms with Crippen molar-refractivity contribution in [2.45, 2.75) is 39.3 Å². The molecule has 0 heterocycles. The number of rotatable bonds is 6. The van der Waals surface area contributed by atoms with Crippen molar-refractivity contribution < 1.29 is 9.84 Å². The van der Waals surface area contributed by atoms with Gasteiger partial charge in [0.1, 0.15) is 11.9 Å². The van der Waals surface area contributed by atoms with Crippen LogP contribution in [0.2, 0.25) is 0 Å². The number of aryl methyl sites for hydroxylation is 1. The van der Waals surface area contributed by atoms with E-state index in [4.69, 9.17) is 10.5 Å². The Labute approximate surface area is 104 Å². The standard InChI is InChI=1S/C14H23NO2/c1-10(2)8-13(15)14(9-16)17-12-6-4-11(3)5-7-12/h4-7,10,13-14,16H,8-9,15H2,1-3H3. The van der Waals surface area contributed by atoms with Gasteiger partial charge in [0.2, 0.25) is 0 Å². The van der Waals surface area contributed by atoms with E-state index in [9.17, 15) is 5.11 Å². The molecule has 2 unspecified atom stereocenters. The number of hydrogen-bond donors (Lipinski definition) is 2. The highest BCUT2D eigenvalue weighted by molar-refractivity contribution is 5.26. The lowest BCUT2D eigenvalue weighted by Gasteiger charge is -2.24. The Bertz CT molecular complexity index is 321. The summed E-state index contributed by atoms with van der Waals surface area (Å²) in [6, 6.07) is 7.64. The highest BCUT2D eigenvalue weighted by Crippen LogP contribution is 2.16. The molecular formula is C14H23NO2. The molecule has 0 aliphatic heterocycles. The van der Waals surface area contributed by atoms with Gasteiger partial charge in [0.25, 0.3) is 0 Å². The number of aliphatic hydroxyl groups excluding tert-OH is 1. The van der Waals surface area contributed by atoms with Crippen LogP contribution in [0.4, 0.5) is 0 Å². The Balaban J connectivity index is 2.59. The van der Waals surface area contributed by atoms with Crippen LogP contribution in [-0.2, 0) is 0 Å². The van der Waals surface area contributed by atoms with Crippen LogP contribution in [0.15, 0.2) is 24.3 Å². The molecule has 0 aromatic heterocycles. The third kappa shape index (κ3) is 4.75. The van der Waals surface area contributed by atoms with Crippen LogP contribution in [0.25, 0.3) is 0 Å². The van der Waals surface area contributed by atoms with Gasteiger partial charge >= 0.3 is 0 Å². The maximum atomic E-state index is 9.32. The van der Waals surface area contributed by atoms with Crippen LogP contribution in [0, 0.1) is 12.8 Å². The van der Waals surface area contributed by atoms with Gasteiger partial charge < -0.3 is 15.6 Å². The van der Waals surface area contributed by atoms with Crippen LogP contribution in [0.5, 0.6) is 5.75 Å². The molecule has 3 nitrogen and oxygen atoms in total. The molecule has 1 aromatic carbocycles. The summed E-state index contributed by atoms with van der Waals surface area (Å²) in [6.45, 7) is 6.19. The fraction of sp³-hybridized carbons (Fsp3) is 0.571. The molecule has 0 amide bonds. The first-order valence-corrected chi connectivity index (χ1v) is 6.12. The molecule has 96 valence electrons. The third-order valence-electron chi connectivity index (χ3n) is 2.71. The van der Waals surface area contributed by atoms with Gasteiger partial charge in [0.15, 0.2) is 0 Å². The van der Waals surface area contributed by atoms with Crippen LogP contribution in [0.1, 0.15) is 25.8 Å². The maximum Gasteiger partial charge on any atom is 0.137 e. The van der Waals surface area contributed by atoms with Crippen molar-refractivity contribution in [3.05, 3.63) is 29.8 Å². The molecule has 0 aliphatic carbocycles. The molecule has 0 spiro atoms. The molecule has 1 rings (SSSR count). The van der Waals surface area contributed by atoms with E-state index in [1.165, 1.54) is 5.56 Å². The van der Waals surface area contributed by atoms with Gasteiger partial charge in [-0.1, -0.05) is 31.5 Å². The lowest BCUT2D eigenvalue weighted by molar-refractivity contribution is 0.0881. The second-order valence-corrected chi connectivity index (χ2v) is 4.95. The fourth-order valence-electron chi connectivity index (χ4n) is 1.75. The SMILES string of the molecule is Cc1ccc(OC(CO)C(N)CC(C)C)cc1. The first-order chi connectivity index (χ1) is 8.02. The van der Waals surface area contributed by atoms with Gasteiger partial charge in [-0.3, -0.25) is 0 Å². The van der Waals surface area contributed by atoms with Gasteiger partial charge in [0.05, 0.1) is 6.61 Å². The van der Waals surface area contributed by atoms with Crippen molar-refractivity contribution in [2.75, 3.05) is 6.61 Å². The minimum Gasteiger partial charge on any atom is -0.486 e. The van der Waals surface area contributed by atoms with Gasteiger partial charge in [-0.15, -0.1) is 0 Å². The van der Waals surface area contributed by atoms with E-state index in [-0.39, 0.29) is 18.8 Å². The Kier molecular flexibility index (Phi) is 5.45. The molecule has 1 aromatic rings. The number of nitrogens with two attached hydrogens (primary N) is 1. The molecule has 0 aliphatic rings. The van der Waals surface area contributed by atoms with Crippen LogP contribution >= 0.6 is 0 Å². The molecule has 2 atom stereocenters. The zero-order valence-electron chi connectivity index (χ0n) is 10.9. The van der Waals surface area contributed by atoms with Crippen molar-refractivity contribution in [1.29, 1.82) is 0 Å². The molecule has 0 fully saturated rings. The molecular weight excluding hydrogens is 214 g/mol. The molecule has 3 N–H and O–H groups in total. The van der Waals surface area contributed by atoms with Crippen molar-refractivity contribution >= 4 is 0 Å². The first kappa shape index (κ1) is 14.0. The molecule has 3 heteroatoms. The molecule has 0 saturated heterocycles. The Morgan fingerprint density at radius 1 is 1.24 bits per heavy atom. The molecule has 0 radical (unpaired) electrons. The maximum absolute atomic E-state index is 9.32. The van der Waals surface area contributed by atoms with E-state index in [1.54, 1.807) is 0 Å². The van der Waals surface area contributed by atoms with Crippen molar-refractivity contribution in [3.8, 4) is 5.75 Å². The number of aliphatic hydroxyl groups is 1. The molecule has 0 saturated carbocycles. The van der Waals surface area contributed by atoms with Crippen molar-refractivity contribution in [2.24, 2.45) is 11.7 Å². The van der Waals surface area contributed by atoms with Crippen LogP contribution in [-0.4, -0.2) is 23.9 Å². The average molecular weight is 237 g/mol.